The molecule has 0 spiro atoms. The molecule has 2 N–H and O–H groups in total. The number of amides is 2. The third-order valence-corrected chi connectivity index (χ3v) is 7.18. The average Bonchev–Trinajstić information content (AvgIpc) is 2.72. The first-order valence-corrected chi connectivity index (χ1v) is 14.7. The van der Waals surface area contributed by atoms with E-state index in [1.807, 2.05) is 25.7 Å². The molecule has 0 radical (unpaired) electrons. The molecule has 2 aliphatic rings. The molecule has 36 heavy (non-hydrogen) atoms. The zero-order valence-electron chi connectivity index (χ0n) is 23.2. The van der Waals surface area contributed by atoms with Crippen molar-refractivity contribution in [3.63, 3.8) is 0 Å². The Morgan fingerprint density at radius 1 is 0.944 bits per heavy atom. The Balaban J connectivity index is 0.000000369. The first-order valence-electron chi connectivity index (χ1n) is 12.9. The predicted molar refractivity (Wildman–Crippen MR) is 138 cm³/mol. The molecule has 2 rings (SSSR count). The molecule has 212 valence electrons. The summed E-state index contributed by atoms with van der Waals surface area (Å²) in [5.41, 5.74) is -0.438. The van der Waals surface area contributed by atoms with Crippen LogP contribution < -0.4 is 0 Å². The van der Waals surface area contributed by atoms with E-state index in [1.54, 1.807) is 0 Å². The van der Waals surface area contributed by atoms with Gasteiger partial charge in [-0.15, -0.1) is 0 Å². The van der Waals surface area contributed by atoms with Crippen molar-refractivity contribution in [2.75, 3.05) is 39.1 Å². The molecule has 2 aliphatic heterocycles. The second-order valence-electron chi connectivity index (χ2n) is 12.0. The molecule has 2 unspecified atom stereocenters. The largest absolute Gasteiger partial charge is 0.465 e. The van der Waals surface area contributed by atoms with Gasteiger partial charge in [-0.25, -0.2) is 9.59 Å². The molecule has 0 aliphatic carbocycles. The van der Waals surface area contributed by atoms with Crippen LogP contribution in [-0.4, -0.2) is 91.4 Å². The van der Waals surface area contributed by atoms with Crippen molar-refractivity contribution in [1.82, 2.24) is 9.80 Å². The van der Waals surface area contributed by atoms with Gasteiger partial charge in [0, 0.05) is 32.3 Å². The molecule has 2 atom stereocenters. The Bertz CT molecular complexity index is 796. The van der Waals surface area contributed by atoms with E-state index in [0.717, 1.165) is 44.9 Å². The minimum Gasteiger partial charge on any atom is -0.465 e. The number of aliphatic hydroxyl groups is 1. The summed E-state index contributed by atoms with van der Waals surface area (Å²) in [7, 11) is -3.35. The summed E-state index contributed by atoms with van der Waals surface area (Å²) in [6, 6.07) is 0.169. The summed E-state index contributed by atoms with van der Waals surface area (Å²) >= 11 is 0. The SMILES string of the molecule is CC(C)(C)OC(=O)N1CCC(CCO)CC1C(C)(C)C.CS(=O)(=O)OCCC1CCN(C(=O)O)CC1. The van der Waals surface area contributed by atoms with Crippen molar-refractivity contribution in [2.24, 2.45) is 17.3 Å². The minimum absolute atomic E-state index is 0.0189. The number of carbonyl (C=O) groups is 2. The maximum Gasteiger partial charge on any atom is 0.410 e. The van der Waals surface area contributed by atoms with Crippen LogP contribution in [0, 0.1) is 17.3 Å². The number of aliphatic hydroxyl groups excluding tert-OH is 1. The van der Waals surface area contributed by atoms with Gasteiger partial charge < -0.3 is 24.7 Å². The van der Waals surface area contributed by atoms with Crippen LogP contribution in [0.4, 0.5) is 9.59 Å². The highest BCUT2D eigenvalue weighted by Gasteiger charge is 2.40. The van der Waals surface area contributed by atoms with E-state index in [9.17, 15) is 18.0 Å². The molecular weight excluding hydrogens is 488 g/mol. The monoisotopic (exact) mass is 536 g/mol. The molecule has 2 saturated heterocycles. The second-order valence-corrected chi connectivity index (χ2v) is 13.6. The first kappa shape index (κ1) is 32.4. The fraction of sp³-hybridized carbons (Fsp3) is 0.920. The molecule has 0 aromatic carbocycles. The number of carbonyl (C=O) groups excluding carboxylic acids is 1. The Kier molecular flexibility index (Phi) is 12.4. The van der Waals surface area contributed by atoms with Gasteiger partial charge in [-0.3, -0.25) is 4.18 Å². The van der Waals surface area contributed by atoms with Gasteiger partial charge in [0.25, 0.3) is 10.1 Å². The summed E-state index contributed by atoms with van der Waals surface area (Å²) in [6.07, 6.45) is 4.88. The molecule has 2 amide bonds. The van der Waals surface area contributed by atoms with Crippen molar-refractivity contribution in [1.29, 1.82) is 0 Å². The van der Waals surface area contributed by atoms with Gasteiger partial charge in [0.2, 0.25) is 0 Å². The molecule has 0 aromatic heterocycles. The second kappa shape index (κ2) is 13.8. The quantitative estimate of drug-likeness (QED) is 0.483. The van der Waals surface area contributed by atoms with E-state index in [4.69, 9.17) is 14.9 Å². The lowest BCUT2D eigenvalue weighted by Gasteiger charge is -2.46. The third kappa shape index (κ3) is 12.6. The van der Waals surface area contributed by atoms with Gasteiger partial charge in [-0.05, 0) is 76.5 Å². The normalized spacial score (nSPS) is 22.0. The van der Waals surface area contributed by atoms with E-state index >= 15 is 0 Å². The fourth-order valence-electron chi connectivity index (χ4n) is 4.62. The number of nitrogens with zero attached hydrogens (tertiary/aromatic N) is 2. The maximum absolute atomic E-state index is 12.4. The zero-order chi connectivity index (χ0) is 27.7. The van der Waals surface area contributed by atoms with Gasteiger partial charge >= 0.3 is 12.2 Å². The van der Waals surface area contributed by atoms with Crippen molar-refractivity contribution in [3.8, 4) is 0 Å². The number of ether oxygens (including phenoxy) is 1. The van der Waals surface area contributed by atoms with Gasteiger partial charge in [0.1, 0.15) is 5.60 Å². The molecule has 2 fully saturated rings. The zero-order valence-corrected chi connectivity index (χ0v) is 24.0. The van der Waals surface area contributed by atoms with Crippen LogP contribution in [-0.2, 0) is 19.0 Å². The number of rotatable bonds is 6. The molecule has 11 heteroatoms. The van der Waals surface area contributed by atoms with Gasteiger partial charge in [-0.2, -0.15) is 8.42 Å². The van der Waals surface area contributed by atoms with Crippen LogP contribution in [0.3, 0.4) is 0 Å². The van der Waals surface area contributed by atoms with E-state index in [2.05, 4.69) is 25.0 Å². The molecule has 0 saturated carbocycles. The highest BCUT2D eigenvalue weighted by atomic mass is 32.2. The average molecular weight is 537 g/mol. The van der Waals surface area contributed by atoms with Crippen molar-refractivity contribution < 1.29 is 37.1 Å². The van der Waals surface area contributed by atoms with Gasteiger partial charge in [0.15, 0.2) is 0 Å². The topological polar surface area (TPSA) is 134 Å². The van der Waals surface area contributed by atoms with Gasteiger partial charge in [-0.1, -0.05) is 20.8 Å². The molecule has 2 heterocycles. The molecule has 10 nitrogen and oxygen atoms in total. The van der Waals surface area contributed by atoms with Crippen LogP contribution in [0.2, 0.25) is 0 Å². The molecule has 0 bridgehead atoms. The summed E-state index contributed by atoms with van der Waals surface area (Å²) in [4.78, 5) is 26.3. The van der Waals surface area contributed by atoms with Crippen LogP contribution in [0.1, 0.15) is 80.1 Å². The van der Waals surface area contributed by atoms with Gasteiger partial charge in [0.05, 0.1) is 12.9 Å². The smallest absolute Gasteiger partial charge is 0.410 e. The van der Waals surface area contributed by atoms with Crippen molar-refractivity contribution in [3.05, 3.63) is 0 Å². The van der Waals surface area contributed by atoms with E-state index < -0.39 is 21.8 Å². The highest BCUT2D eigenvalue weighted by Crippen LogP contribution is 2.36. The lowest BCUT2D eigenvalue weighted by atomic mass is 9.76. The third-order valence-electron chi connectivity index (χ3n) is 6.58. The Hall–Kier alpha value is -1.59. The highest BCUT2D eigenvalue weighted by molar-refractivity contribution is 7.85. The first-order chi connectivity index (χ1) is 16.4. The predicted octanol–water partition coefficient (Wildman–Crippen LogP) is 4.17. The number of likely N-dealkylation sites (tertiary alicyclic amines) is 2. The molecular formula is C25H48N2O8S. The van der Waals surface area contributed by atoms with Crippen molar-refractivity contribution in [2.45, 2.75) is 91.7 Å². The minimum atomic E-state index is -3.35. The number of hydrogen-bond donors (Lipinski definition) is 2. The standard InChI is InChI=1S/C16H31NO3.C9H17NO5S/c1-15(2,3)13-11-12(8-10-18)7-9-17(13)14(19)20-16(4,5)6;1-16(13,14)15-7-4-8-2-5-10(6-3-8)9(11)12/h12-13,18H,7-11H2,1-6H3;8H,2-7H2,1H3,(H,11,12). The number of hydrogen-bond acceptors (Lipinski definition) is 7. The Labute approximate surface area is 217 Å². The summed E-state index contributed by atoms with van der Waals surface area (Å²) in [6.45, 7) is 14.4. The van der Waals surface area contributed by atoms with E-state index in [1.165, 1.54) is 4.90 Å². The summed E-state index contributed by atoms with van der Waals surface area (Å²) in [5.74, 6) is 0.861. The van der Waals surface area contributed by atoms with Crippen LogP contribution in [0.15, 0.2) is 0 Å². The number of piperidine rings is 2. The number of carboxylic acid groups (broad SMARTS) is 1. The Morgan fingerprint density at radius 3 is 1.94 bits per heavy atom. The Morgan fingerprint density at radius 2 is 1.50 bits per heavy atom. The van der Waals surface area contributed by atoms with Crippen LogP contribution in [0.25, 0.3) is 0 Å². The summed E-state index contributed by atoms with van der Waals surface area (Å²) < 4.78 is 31.6. The molecule has 0 aromatic rings. The van der Waals surface area contributed by atoms with Crippen LogP contribution >= 0.6 is 0 Å². The van der Waals surface area contributed by atoms with E-state index in [-0.39, 0.29) is 30.8 Å². The lowest BCUT2D eigenvalue weighted by molar-refractivity contribution is -0.0169. The fourth-order valence-corrected chi connectivity index (χ4v) is 5.02. The van der Waals surface area contributed by atoms with E-state index in [0.29, 0.717) is 31.3 Å². The lowest BCUT2D eigenvalue weighted by Crippen LogP contribution is -2.53. The van der Waals surface area contributed by atoms with Crippen molar-refractivity contribution >= 4 is 22.3 Å². The maximum atomic E-state index is 12.4. The summed E-state index contributed by atoms with van der Waals surface area (Å²) in [5, 5.41) is 17.9. The van der Waals surface area contributed by atoms with Crippen LogP contribution in [0.5, 0.6) is 0 Å².